The van der Waals surface area contributed by atoms with E-state index in [0.717, 1.165) is 35.9 Å². The summed E-state index contributed by atoms with van der Waals surface area (Å²) in [6.07, 6.45) is 2.41. The van der Waals surface area contributed by atoms with E-state index in [0.29, 0.717) is 22.6 Å². The van der Waals surface area contributed by atoms with E-state index in [-0.39, 0.29) is 11.7 Å². The standard InChI is InChI=1S/C21H20N4O3S/c1-27-15-7-4-6-14(12-15)24-19(26)17-9-2-3-10-18(17)25-20(24)22-23-21(25)29-13-16-8-5-11-28-16/h2-4,6-7,9-10,12,16H,5,8,11,13H2,1H3. The van der Waals surface area contributed by atoms with Crippen LogP contribution < -0.4 is 10.3 Å². The lowest BCUT2D eigenvalue weighted by atomic mass is 10.2. The molecule has 1 fully saturated rings. The Morgan fingerprint density at radius 1 is 1.21 bits per heavy atom. The van der Waals surface area contributed by atoms with Crippen LogP contribution in [0.25, 0.3) is 22.4 Å². The van der Waals surface area contributed by atoms with Crippen LogP contribution in [0.15, 0.2) is 58.5 Å². The zero-order chi connectivity index (χ0) is 19.8. The summed E-state index contributed by atoms with van der Waals surface area (Å²) in [6, 6.07) is 15.0. The van der Waals surface area contributed by atoms with E-state index in [9.17, 15) is 4.79 Å². The molecule has 3 heterocycles. The second-order valence-electron chi connectivity index (χ2n) is 6.92. The van der Waals surface area contributed by atoms with E-state index in [1.807, 2.05) is 52.9 Å². The highest BCUT2D eigenvalue weighted by Crippen LogP contribution is 2.26. The molecule has 2 aromatic carbocycles. The van der Waals surface area contributed by atoms with E-state index in [1.54, 1.807) is 23.4 Å². The lowest BCUT2D eigenvalue weighted by Gasteiger charge is -2.12. The first-order chi connectivity index (χ1) is 14.3. The van der Waals surface area contributed by atoms with Crippen molar-refractivity contribution in [1.82, 2.24) is 19.2 Å². The number of hydrogen-bond acceptors (Lipinski definition) is 6. The summed E-state index contributed by atoms with van der Waals surface area (Å²) in [7, 11) is 1.61. The first-order valence-electron chi connectivity index (χ1n) is 9.54. The third-order valence-electron chi connectivity index (χ3n) is 5.13. The minimum absolute atomic E-state index is 0.135. The lowest BCUT2D eigenvalue weighted by Crippen LogP contribution is -2.22. The van der Waals surface area contributed by atoms with Crippen molar-refractivity contribution in [1.29, 1.82) is 0 Å². The lowest BCUT2D eigenvalue weighted by molar-refractivity contribution is 0.129. The second kappa shape index (κ2) is 7.53. The summed E-state index contributed by atoms with van der Waals surface area (Å²) >= 11 is 1.61. The molecule has 7 nitrogen and oxygen atoms in total. The van der Waals surface area contributed by atoms with Crippen LogP contribution in [-0.2, 0) is 4.74 Å². The molecule has 0 saturated carbocycles. The number of para-hydroxylation sites is 1. The Kier molecular flexibility index (Phi) is 4.73. The van der Waals surface area contributed by atoms with Gasteiger partial charge < -0.3 is 9.47 Å². The monoisotopic (exact) mass is 408 g/mol. The van der Waals surface area contributed by atoms with Crippen molar-refractivity contribution >= 4 is 28.4 Å². The zero-order valence-corrected chi connectivity index (χ0v) is 16.8. The van der Waals surface area contributed by atoms with Crippen LogP contribution in [0.2, 0.25) is 0 Å². The van der Waals surface area contributed by atoms with Gasteiger partial charge in [0.05, 0.1) is 29.8 Å². The molecule has 1 atom stereocenters. The Labute approximate surface area is 171 Å². The van der Waals surface area contributed by atoms with Crippen molar-refractivity contribution in [2.45, 2.75) is 24.1 Å². The molecule has 0 aliphatic carbocycles. The third-order valence-corrected chi connectivity index (χ3v) is 6.19. The number of hydrogen-bond donors (Lipinski definition) is 0. The Bertz CT molecular complexity index is 1240. The Morgan fingerprint density at radius 2 is 2.10 bits per heavy atom. The van der Waals surface area contributed by atoms with E-state index < -0.39 is 0 Å². The number of rotatable bonds is 5. The molecular weight excluding hydrogens is 388 g/mol. The van der Waals surface area contributed by atoms with Crippen molar-refractivity contribution in [3.8, 4) is 11.4 Å². The molecule has 4 aromatic rings. The average molecular weight is 408 g/mol. The fraction of sp³-hybridized carbons (Fsp3) is 0.286. The summed E-state index contributed by atoms with van der Waals surface area (Å²) in [6.45, 7) is 0.824. The molecule has 148 valence electrons. The maximum Gasteiger partial charge on any atom is 0.267 e. The number of aromatic nitrogens is 4. The maximum absolute atomic E-state index is 13.3. The first-order valence-corrected chi connectivity index (χ1v) is 10.5. The van der Waals surface area contributed by atoms with Crippen LogP contribution in [0.5, 0.6) is 5.75 Å². The second-order valence-corrected chi connectivity index (χ2v) is 7.91. The molecule has 2 aromatic heterocycles. The van der Waals surface area contributed by atoms with Crippen molar-refractivity contribution in [2.75, 3.05) is 19.5 Å². The SMILES string of the molecule is COc1cccc(-n2c(=O)c3ccccc3n3c(SCC4CCCO4)nnc23)c1. The van der Waals surface area contributed by atoms with Gasteiger partial charge in [-0.2, -0.15) is 0 Å². The number of nitrogens with zero attached hydrogens (tertiary/aromatic N) is 4. The van der Waals surface area contributed by atoms with Crippen LogP contribution >= 0.6 is 11.8 Å². The zero-order valence-electron chi connectivity index (χ0n) is 15.9. The van der Waals surface area contributed by atoms with Crippen LogP contribution in [0.1, 0.15) is 12.8 Å². The Morgan fingerprint density at radius 3 is 2.93 bits per heavy atom. The van der Waals surface area contributed by atoms with Gasteiger partial charge in [0, 0.05) is 18.4 Å². The minimum atomic E-state index is -0.135. The van der Waals surface area contributed by atoms with Gasteiger partial charge in [-0.05, 0) is 37.1 Å². The highest BCUT2D eigenvalue weighted by Gasteiger charge is 2.21. The van der Waals surface area contributed by atoms with Gasteiger partial charge >= 0.3 is 0 Å². The predicted molar refractivity (Wildman–Crippen MR) is 112 cm³/mol. The molecule has 0 amide bonds. The van der Waals surface area contributed by atoms with E-state index >= 15 is 0 Å². The molecule has 1 saturated heterocycles. The Hall–Kier alpha value is -2.84. The van der Waals surface area contributed by atoms with Gasteiger partial charge in [0.15, 0.2) is 5.16 Å². The molecule has 8 heteroatoms. The molecule has 1 aliphatic rings. The van der Waals surface area contributed by atoms with E-state index in [2.05, 4.69) is 10.2 Å². The third kappa shape index (κ3) is 3.18. The first kappa shape index (κ1) is 18.2. The number of methoxy groups -OCH3 is 1. The summed E-state index contributed by atoms with van der Waals surface area (Å²) in [5, 5.41) is 10.2. The van der Waals surface area contributed by atoms with Crippen LogP contribution in [-0.4, -0.2) is 44.7 Å². The molecule has 0 radical (unpaired) electrons. The van der Waals surface area contributed by atoms with Crippen LogP contribution in [0, 0.1) is 0 Å². The summed E-state index contributed by atoms with van der Waals surface area (Å²) in [5.74, 6) is 1.97. The maximum atomic E-state index is 13.3. The van der Waals surface area contributed by atoms with Gasteiger partial charge in [-0.25, -0.2) is 4.57 Å². The molecule has 1 aliphatic heterocycles. The number of fused-ring (bicyclic) bond motifs is 3. The van der Waals surface area contributed by atoms with Crippen molar-refractivity contribution in [3.63, 3.8) is 0 Å². The molecule has 0 N–H and O–H groups in total. The van der Waals surface area contributed by atoms with Crippen LogP contribution in [0.3, 0.4) is 0 Å². The normalized spacial score (nSPS) is 16.7. The quantitative estimate of drug-likeness (QED) is 0.472. The fourth-order valence-corrected chi connectivity index (χ4v) is 4.70. The largest absolute Gasteiger partial charge is 0.497 e. The highest BCUT2D eigenvalue weighted by molar-refractivity contribution is 7.99. The number of thioether (sulfide) groups is 1. The van der Waals surface area contributed by atoms with Crippen molar-refractivity contribution in [3.05, 3.63) is 58.9 Å². The molecule has 29 heavy (non-hydrogen) atoms. The topological polar surface area (TPSA) is 70.7 Å². The fourth-order valence-electron chi connectivity index (χ4n) is 3.70. The average Bonchev–Trinajstić information content (AvgIpc) is 3.43. The molecule has 0 spiro atoms. The van der Waals surface area contributed by atoms with Crippen LogP contribution in [0.4, 0.5) is 0 Å². The summed E-state index contributed by atoms with van der Waals surface area (Å²) in [4.78, 5) is 13.3. The van der Waals surface area contributed by atoms with Crippen molar-refractivity contribution in [2.24, 2.45) is 0 Å². The predicted octanol–water partition coefficient (Wildman–Crippen LogP) is 3.31. The smallest absolute Gasteiger partial charge is 0.267 e. The molecule has 0 bridgehead atoms. The number of ether oxygens (including phenoxy) is 2. The molecule has 1 unspecified atom stereocenters. The summed E-state index contributed by atoms with van der Waals surface area (Å²) < 4.78 is 14.6. The minimum Gasteiger partial charge on any atom is -0.497 e. The molecule has 5 rings (SSSR count). The molecular formula is C21H20N4O3S. The van der Waals surface area contributed by atoms with Gasteiger partial charge in [-0.15, -0.1) is 10.2 Å². The highest BCUT2D eigenvalue weighted by atomic mass is 32.2. The number of benzene rings is 2. The van der Waals surface area contributed by atoms with E-state index in [1.165, 1.54) is 0 Å². The van der Waals surface area contributed by atoms with Gasteiger partial charge in [-0.3, -0.25) is 9.20 Å². The van der Waals surface area contributed by atoms with E-state index in [4.69, 9.17) is 9.47 Å². The van der Waals surface area contributed by atoms with Crippen molar-refractivity contribution < 1.29 is 9.47 Å². The van der Waals surface area contributed by atoms with Gasteiger partial charge in [0.25, 0.3) is 5.56 Å². The summed E-state index contributed by atoms with van der Waals surface area (Å²) in [5.41, 5.74) is 1.35. The van der Waals surface area contributed by atoms with Gasteiger partial charge in [-0.1, -0.05) is 30.0 Å². The van der Waals surface area contributed by atoms with Gasteiger partial charge in [0.1, 0.15) is 5.75 Å². The van der Waals surface area contributed by atoms with Gasteiger partial charge in [0.2, 0.25) is 5.78 Å². The Balaban J connectivity index is 1.72.